The van der Waals surface area contributed by atoms with Crippen LogP contribution in [0.5, 0.6) is 5.75 Å². The zero-order valence-corrected chi connectivity index (χ0v) is 11.5. The summed E-state index contributed by atoms with van der Waals surface area (Å²) in [5.74, 6) is 0.480. The molecule has 0 aromatic heterocycles. The lowest BCUT2D eigenvalue weighted by molar-refractivity contribution is -0.111. The van der Waals surface area contributed by atoms with Gasteiger partial charge in [0.05, 0.1) is 18.4 Å². The van der Waals surface area contributed by atoms with Gasteiger partial charge in [0.1, 0.15) is 11.8 Å². The number of ether oxygens (including phenoxy) is 1. The Morgan fingerprint density at radius 3 is 2.57 bits per heavy atom. The molecule has 1 amide bonds. The summed E-state index contributed by atoms with van der Waals surface area (Å²) in [6.45, 7) is 0. The molecular formula is C17H14N2O2. The summed E-state index contributed by atoms with van der Waals surface area (Å²) in [5, 5.41) is 11.6. The topological polar surface area (TPSA) is 62.1 Å². The van der Waals surface area contributed by atoms with Crippen molar-refractivity contribution in [3.8, 4) is 11.8 Å². The number of para-hydroxylation sites is 1. The normalized spacial score (nSPS) is 10.1. The molecule has 0 aliphatic heterocycles. The molecule has 0 bridgehead atoms. The SMILES string of the molecule is COc1ccc(/C=C\C(=O)Nc2ccccc2C#N)cc1. The fourth-order valence-corrected chi connectivity index (χ4v) is 1.75. The number of nitrogens with one attached hydrogen (secondary N) is 1. The molecule has 0 aliphatic carbocycles. The van der Waals surface area contributed by atoms with Crippen molar-refractivity contribution in [1.82, 2.24) is 0 Å². The van der Waals surface area contributed by atoms with E-state index >= 15 is 0 Å². The highest BCUT2D eigenvalue weighted by Gasteiger charge is 2.03. The van der Waals surface area contributed by atoms with Gasteiger partial charge in [-0.1, -0.05) is 24.3 Å². The molecule has 0 spiro atoms. The van der Waals surface area contributed by atoms with Gasteiger partial charge in [-0.2, -0.15) is 5.26 Å². The lowest BCUT2D eigenvalue weighted by Gasteiger charge is -2.03. The zero-order valence-electron chi connectivity index (χ0n) is 11.5. The molecule has 0 unspecified atom stereocenters. The van der Waals surface area contributed by atoms with Crippen molar-refractivity contribution in [2.75, 3.05) is 12.4 Å². The summed E-state index contributed by atoms with van der Waals surface area (Å²) in [4.78, 5) is 11.8. The summed E-state index contributed by atoms with van der Waals surface area (Å²) in [7, 11) is 1.60. The molecule has 4 heteroatoms. The Bertz CT molecular complexity index is 697. The molecule has 0 fully saturated rings. The van der Waals surface area contributed by atoms with E-state index in [-0.39, 0.29) is 5.91 Å². The smallest absolute Gasteiger partial charge is 0.248 e. The number of hydrogen-bond acceptors (Lipinski definition) is 3. The van der Waals surface area contributed by atoms with Crippen LogP contribution >= 0.6 is 0 Å². The maximum Gasteiger partial charge on any atom is 0.248 e. The average Bonchev–Trinajstić information content (AvgIpc) is 2.54. The van der Waals surface area contributed by atoms with Gasteiger partial charge in [0.2, 0.25) is 5.91 Å². The van der Waals surface area contributed by atoms with Gasteiger partial charge in [-0.3, -0.25) is 4.79 Å². The molecule has 1 N–H and O–H groups in total. The largest absolute Gasteiger partial charge is 0.497 e. The minimum atomic E-state index is -0.284. The summed E-state index contributed by atoms with van der Waals surface area (Å²) in [6, 6.07) is 16.3. The predicted octanol–water partition coefficient (Wildman–Crippen LogP) is 3.22. The molecule has 2 aromatic rings. The van der Waals surface area contributed by atoms with Crippen LogP contribution in [0, 0.1) is 11.3 Å². The second-order valence-electron chi connectivity index (χ2n) is 4.25. The molecule has 0 atom stereocenters. The van der Waals surface area contributed by atoms with Gasteiger partial charge in [-0.25, -0.2) is 0 Å². The Morgan fingerprint density at radius 2 is 1.90 bits per heavy atom. The molecule has 2 aromatic carbocycles. The molecule has 104 valence electrons. The summed E-state index contributed by atoms with van der Waals surface area (Å²) in [5.41, 5.74) is 1.83. The van der Waals surface area contributed by atoms with Gasteiger partial charge in [0.25, 0.3) is 0 Å². The number of nitrogens with zero attached hydrogens (tertiary/aromatic N) is 1. The van der Waals surface area contributed by atoms with E-state index in [2.05, 4.69) is 5.32 Å². The van der Waals surface area contributed by atoms with Crippen molar-refractivity contribution in [3.63, 3.8) is 0 Å². The highest BCUT2D eigenvalue weighted by molar-refractivity contribution is 6.02. The first kappa shape index (κ1) is 14.4. The van der Waals surface area contributed by atoms with Crippen LogP contribution in [0.3, 0.4) is 0 Å². The second kappa shape index (κ2) is 6.92. The highest BCUT2D eigenvalue weighted by Crippen LogP contribution is 2.14. The number of carbonyl (C=O) groups is 1. The van der Waals surface area contributed by atoms with Crippen LogP contribution in [-0.4, -0.2) is 13.0 Å². The van der Waals surface area contributed by atoms with Gasteiger partial charge in [0.15, 0.2) is 0 Å². The van der Waals surface area contributed by atoms with E-state index in [4.69, 9.17) is 10.00 Å². The fourth-order valence-electron chi connectivity index (χ4n) is 1.75. The van der Waals surface area contributed by atoms with Crippen LogP contribution in [0.4, 0.5) is 5.69 Å². The molecule has 0 saturated carbocycles. The third-order valence-corrected chi connectivity index (χ3v) is 2.85. The summed E-state index contributed by atoms with van der Waals surface area (Å²) < 4.78 is 5.07. The first-order valence-electron chi connectivity index (χ1n) is 6.35. The lowest BCUT2D eigenvalue weighted by Crippen LogP contribution is -2.08. The number of nitriles is 1. The number of anilines is 1. The molecular weight excluding hydrogens is 264 g/mol. The number of benzene rings is 2. The minimum absolute atomic E-state index is 0.284. The number of carbonyl (C=O) groups excluding carboxylic acids is 1. The van der Waals surface area contributed by atoms with E-state index < -0.39 is 0 Å². The van der Waals surface area contributed by atoms with Crippen molar-refractivity contribution < 1.29 is 9.53 Å². The van der Waals surface area contributed by atoms with Crippen LogP contribution in [0.1, 0.15) is 11.1 Å². The number of hydrogen-bond donors (Lipinski definition) is 1. The van der Waals surface area contributed by atoms with Gasteiger partial charge in [0, 0.05) is 6.08 Å². The first-order chi connectivity index (χ1) is 10.2. The monoisotopic (exact) mass is 278 g/mol. The van der Waals surface area contributed by atoms with E-state index in [1.807, 2.05) is 30.3 Å². The van der Waals surface area contributed by atoms with Gasteiger partial charge in [-0.05, 0) is 35.9 Å². The Morgan fingerprint density at radius 1 is 1.19 bits per heavy atom. The zero-order chi connectivity index (χ0) is 15.1. The summed E-state index contributed by atoms with van der Waals surface area (Å²) >= 11 is 0. The Kier molecular flexibility index (Phi) is 4.73. The van der Waals surface area contributed by atoms with Crippen molar-refractivity contribution in [3.05, 3.63) is 65.7 Å². The van der Waals surface area contributed by atoms with Crippen molar-refractivity contribution in [2.45, 2.75) is 0 Å². The second-order valence-corrected chi connectivity index (χ2v) is 4.25. The maximum atomic E-state index is 11.8. The minimum Gasteiger partial charge on any atom is -0.497 e. The van der Waals surface area contributed by atoms with Crippen LogP contribution in [0.15, 0.2) is 54.6 Å². The van der Waals surface area contributed by atoms with Crippen LogP contribution in [-0.2, 0) is 4.79 Å². The molecule has 0 saturated heterocycles. The van der Waals surface area contributed by atoms with Gasteiger partial charge in [-0.15, -0.1) is 0 Å². The van der Waals surface area contributed by atoms with E-state index in [0.717, 1.165) is 11.3 Å². The number of amides is 1. The third kappa shape index (κ3) is 3.95. The Hall–Kier alpha value is -3.06. The molecule has 21 heavy (non-hydrogen) atoms. The van der Waals surface area contributed by atoms with Crippen molar-refractivity contribution >= 4 is 17.7 Å². The molecule has 4 nitrogen and oxygen atoms in total. The average molecular weight is 278 g/mol. The maximum absolute atomic E-state index is 11.8. The lowest BCUT2D eigenvalue weighted by atomic mass is 10.2. The van der Waals surface area contributed by atoms with E-state index in [9.17, 15) is 4.79 Å². The van der Waals surface area contributed by atoms with Crippen molar-refractivity contribution in [1.29, 1.82) is 5.26 Å². The van der Waals surface area contributed by atoms with Crippen molar-refractivity contribution in [2.24, 2.45) is 0 Å². The van der Waals surface area contributed by atoms with E-state index in [1.54, 1.807) is 37.5 Å². The van der Waals surface area contributed by atoms with Gasteiger partial charge < -0.3 is 10.1 Å². The highest BCUT2D eigenvalue weighted by atomic mass is 16.5. The first-order valence-corrected chi connectivity index (χ1v) is 6.35. The van der Waals surface area contributed by atoms with E-state index in [0.29, 0.717) is 11.3 Å². The van der Waals surface area contributed by atoms with Crippen LogP contribution in [0.25, 0.3) is 6.08 Å². The quantitative estimate of drug-likeness (QED) is 0.873. The molecule has 0 radical (unpaired) electrons. The molecule has 2 rings (SSSR count). The predicted molar refractivity (Wildman–Crippen MR) is 81.8 cm³/mol. The fraction of sp³-hybridized carbons (Fsp3) is 0.0588. The van der Waals surface area contributed by atoms with Crippen LogP contribution < -0.4 is 10.1 Å². The van der Waals surface area contributed by atoms with Crippen LogP contribution in [0.2, 0.25) is 0 Å². The third-order valence-electron chi connectivity index (χ3n) is 2.85. The number of rotatable bonds is 4. The standard InChI is InChI=1S/C17H14N2O2/c1-21-15-9-6-13(7-10-15)8-11-17(20)19-16-5-3-2-4-14(16)12-18/h2-11H,1H3,(H,19,20)/b11-8-. The molecule has 0 heterocycles. The molecule has 0 aliphatic rings. The van der Waals surface area contributed by atoms with E-state index in [1.165, 1.54) is 6.08 Å². The Balaban J connectivity index is 2.04. The number of methoxy groups -OCH3 is 1. The van der Waals surface area contributed by atoms with Gasteiger partial charge >= 0.3 is 0 Å². The Labute approximate surface area is 123 Å². The summed E-state index contributed by atoms with van der Waals surface area (Å²) in [6.07, 6.45) is 3.12.